The van der Waals surface area contributed by atoms with Crippen LogP contribution in [0.4, 0.5) is 0 Å². The van der Waals surface area contributed by atoms with Crippen LogP contribution in [0, 0.1) is 5.92 Å². The summed E-state index contributed by atoms with van der Waals surface area (Å²) in [5, 5.41) is 15.4. The van der Waals surface area contributed by atoms with Gasteiger partial charge in [0.2, 0.25) is 11.8 Å². The van der Waals surface area contributed by atoms with Gasteiger partial charge >= 0.3 is 11.9 Å². The van der Waals surface area contributed by atoms with Gasteiger partial charge in [0.05, 0.1) is 30.4 Å². The van der Waals surface area contributed by atoms with Gasteiger partial charge in [-0.05, 0) is 89.0 Å². The second-order valence-electron chi connectivity index (χ2n) is 17.2. The molecule has 2 aliphatic carbocycles. The lowest BCUT2D eigenvalue weighted by molar-refractivity contribution is -0.190. The summed E-state index contributed by atoms with van der Waals surface area (Å²) in [5.74, 6) is -2.05. The van der Waals surface area contributed by atoms with E-state index in [-0.39, 0.29) is 50.6 Å². The largest absolute Gasteiger partial charge is 0.460 e. The Kier molecular flexibility index (Phi) is 16.3. The lowest BCUT2D eigenvalue weighted by Crippen LogP contribution is -2.44. The number of hydrogen-bond acceptors (Lipinski definition) is 10. The van der Waals surface area contributed by atoms with Crippen LogP contribution in [0.3, 0.4) is 0 Å². The second kappa shape index (κ2) is 20.9. The predicted molar refractivity (Wildman–Crippen MR) is 216 cm³/mol. The summed E-state index contributed by atoms with van der Waals surface area (Å²) in [6.45, 7) is 9.34. The minimum atomic E-state index is -0.840. The van der Waals surface area contributed by atoms with E-state index in [4.69, 9.17) is 23.7 Å². The van der Waals surface area contributed by atoms with E-state index < -0.39 is 47.7 Å². The Bertz CT molecular complexity index is 1570. The highest BCUT2D eigenvalue weighted by molar-refractivity contribution is 5.94. The van der Waals surface area contributed by atoms with Crippen LogP contribution in [0.1, 0.15) is 147 Å². The third kappa shape index (κ3) is 13.8. The molecule has 12 nitrogen and oxygen atoms in total. The van der Waals surface area contributed by atoms with E-state index in [0.29, 0.717) is 42.1 Å². The number of fused-ring (bicyclic) bond motifs is 2. The number of aliphatic hydroxyl groups excluding tert-OH is 1. The highest BCUT2D eigenvalue weighted by Crippen LogP contribution is 2.43. The average molecular weight is 795 g/mol. The van der Waals surface area contributed by atoms with Crippen molar-refractivity contribution in [2.75, 3.05) is 13.2 Å². The first-order chi connectivity index (χ1) is 27.3. The van der Waals surface area contributed by atoms with Crippen molar-refractivity contribution in [3.8, 4) is 0 Å². The van der Waals surface area contributed by atoms with E-state index in [1.807, 2.05) is 18.2 Å². The van der Waals surface area contributed by atoms with Gasteiger partial charge < -0.3 is 39.4 Å². The number of amides is 2. The molecule has 1 saturated carbocycles. The minimum absolute atomic E-state index is 0.0372. The van der Waals surface area contributed by atoms with E-state index in [9.17, 15) is 24.3 Å². The number of ether oxygens (including phenoxy) is 5. The summed E-state index contributed by atoms with van der Waals surface area (Å²) >= 11 is 0. The maximum atomic E-state index is 13.8. The molecule has 2 aliphatic heterocycles. The Morgan fingerprint density at radius 2 is 1.75 bits per heavy atom. The molecule has 1 aromatic rings. The number of epoxide rings is 1. The zero-order valence-corrected chi connectivity index (χ0v) is 34.7. The Hall–Kier alpha value is -3.58. The molecular formula is C45H66N2O10. The fraction of sp³-hybridized carbons (Fsp3) is 0.689. The molecule has 12 heteroatoms. The van der Waals surface area contributed by atoms with E-state index >= 15 is 0 Å². The van der Waals surface area contributed by atoms with Gasteiger partial charge in [-0.15, -0.1) is 0 Å². The third-order valence-electron chi connectivity index (χ3n) is 11.1. The Labute approximate surface area is 338 Å². The number of benzene rings is 1. The van der Waals surface area contributed by atoms with Crippen LogP contribution in [-0.2, 0) is 38.1 Å². The molecule has 2 saturated heterocycles. The van der Waals surface area contributed by atoms with Crippen molar-refractivity contribution in [1.29, 1.82) is 0 Å². The predicted octanol–water partition coefficient (Wildman–Crippen LogP) is 6.87. The summed E-state index contributed by atoms with van der Waals surface area (Å²) in [6, 6.07) is 6.76. The molecule has 0 aromatic heterocycles. The minimum Gasteiger partial charge on any atom is -0.460 e. The van der Waals surface area contributed by atoms with Crippen molar-refractivity contribution in [3.63, 3.8) is 0 Å². The van der Waals surface area contributed by atoms with E-state index in [0.717, 1.165) is 63.4 Å². The van der Waals surface area contributed by atoms with Crippen molar-refractivity contribution in [2.24, 2.45) is 5.92 Å². The molecule has 2 amide bonds. The van der Waals surface area contributed by atoms with Gasteiger partial charge in [-0.3, -0.25) is 14.4 Å². The van der Waals surface area contributed by atoms with Gasteiger partial charge in [0.15, 0.2) is 5.79 Å². The van der Waals surface area contributed by atoms with Crippen LogP contribution < -0.4 is 10.6 Å². The number of aliphatic hydroxyl groups is 1. The van der Waals surface area contributed by atoms with Crippen molar-refractivity contribution < 1.29 is 48.0 Å². The van der Waals surface area contributed by atoms with Gasteiger partial charge in [0, 0.05) is 44.2 Å². The van der Waals surface area contributed by atoms with E-state index in [2.05, 4.69) is 36.6 Å². The molecule has 57 heavy (non-hydrogen) atoms. The van der Waals surface area contributed by atoms with Gasteiger partial charge in [0.1, 0.15) is 23.9 Å². The van der Waals surface area contributed by atoms with Gasteiger partial charge in [-0.2, -0.15) is 0 Å². The van der Waals surface area contributed by atoms with Crippen molar-refractivity contribution >= 4 is 29.8 Å². The molecule has 0 radical (unpaired) electrons. The zero-order valence-electron chi connectivity index (χ0n) is 34.7. The van der Waals surface area contributed by atoms with Crippen molar-refractivity contribution in [3.05, 3.63) is 53.1 Å². The Balaban J connectivity index is 1.23. The quantitative estimate of drug-likeness (QED) is 0.0681. The average Bonchev–Trinajstić information content (AvgIpc) is 3.86. The summed E-state index contributed by atoms with van der Waals surface area (Å²) in [7, 11) is 0. The summed E-state index contributed by atoms with van der Waals surface area (Å²) < 4.78 is 30.7. The molecule has 1 aromatic carbocycles. The van der Waals surface area contributed by atoms with E-state index in [1.54, 1.807) is 32.9 Å². The lowest BCUT2D eigenvalue weighted by atomic mass is 9.88. The fourth-order valence-electron chi connectivity index (χ4n) is 8.03. The zero-order chi connectivity index (χ0) is 41.0. The Morgan fingerprint density at radius 1 is 1.00 bits per heavy atom. The number of carbonyl (C=O) groups excluding carboxylic acids is 4. The molecule has 0 bridgehead atoms. The molecule has 7 atom stereocenters. The van der Waals surface area contributed by atoms with Crippen molar-refractivity contribution in [2.45, 2.75) is 179 Å². The number of hydrogen-bond donors (Lipinski definition) is 3. The normalized spacial score (nSPS) is 25.5. The van der Waals surface area contributed by atoms with Gasteiger partial charge in [-0.25, -0.2) is 4.79 Å². The molecule has 0 spiro atoms. The summed E-state index contributed by atoms with van der Waals surface area (Å²) in [5.41, 5.74) is 1.10. The molecule has 5 rings (SSSR count). The summed E-state index contributed by atoms with van der Waals surface area (Å²) in [4.78, 5) is 52.3. The third-order valence-corrected chi connectivity index (χ3v) is 11.1. The number of esters is 2. The van der Waals surface area contributed by atoms with Gasteiger partial charge in [0.25, 0.3) is 0 Å². The summed E-state index contributed by atoms with van der Waals surface area (Å²) in [6.07, 6.45) is 16.0. The first-order valence-corrected chi connectivity index (χ1v) is 21.4. The molecule has 3 fully saturated rings. The number of allylic oxidation sites excluding steroid dienone is 1. The molecule has 3 N–H and O–H groups in total. The van der Waals surface area contributed by atoms with E-state index in [1.165, 1.54) is 0 Å². The van der Waals surface area contributed by atoms with Crippen molar-refractivity contribution in [1.82, 2.24) is 10.6 Å². The topological polar surface area (TPSA) is 162 Å². The molecule has 316 valence electrons. The molecule has 2 heterocycles. The van der Waals surface area contributed by atoms with Crippen LogP contribution in [0.2, 0.25) is 0 Å². The molecular weight excluding hydrogens is 728 g/mol. The molecule has 4 aliphatic rings. The standard InChI is InChI=1S/C45H66N2O10/c1-6-8-10-22-45(23-11-9-7-2)55-38-28-33(42(51)46-24-21-39(49)47-34(29-48)18-20-40(50)56-44(3,4)5)27-37(41(38)57-45)54-43(52)32-14-12-13-30(25-32)15-16-31-17-19-35-36(26-31)53-35/h12-16,25,28,31,34-38,41,48H,6-11,17-24,26-27,29H2,1-5H3,(H,46,51)(H,47,49)/t31?,34-,35?,36?,37+,38+,41-/m0/s1. The van der Waals surface area contributed by atoms with Crippen LogP contribution in [0.15, 0.2) is 42.0 Å². The smallest absolute Gasteiger partial charge is 0.338 e. The fourth-order valence-corrected chi connectivity index (χ4v) is 8.03. The first kappa shape index (κ1) is 44.5. The highest BCUT2D eigenvalue weighted by Gasteiger charge is 2.52. The molecule has 3 unspecified atom stereocenters. The maximum Gasteiger partial charge on any atom is 0.338 e. The number of nitrogens with one attached hydrogen (secondary N) is 2. The lowest BCUT2D eigenvalue weighted by Gasteiger charge is -2.31. The van der Waals surface area contributed by atoms with Crippen LogP contribution in [-0.4, -0.2) is 90.0 Å². The number of rotatable bonds is 21. The number of carbonyl (C=O) groups is 4. The van der Waals surface area contributed by atoms with Gasteiger partial charge in [-0.1, -0.05) is 63.8 Å². The van der Waals surface area contributed by atoms with Crippen LogP contribution in [0.5, 0.6) is 0 Å². The number of unbranched alkanes of at least 4 members (excludes halogenated alkanes) is 4. The maximum absolute atomic E-state index is 13.8. The second-order valence-corrected chi connectivity index (χ2v) is 17.2. The van der Waals surface area contributed by atoms with Crippen LogP contribution in [0.25, 0.3) is 6.08 Å². The SMILES string of the molecule is CCCCCC1(CCCCC)O[C@@H]2[C@@H](C=C(C(=O)NCCC(=O)N[C@H](CO)CCC(=O)OC(C)(C)C)C[C@H]2OC(=O)c2cccc(C=CC3CCC4OC4C3)c2)O1. The highest BCUT2D eigenvalue weighted by atomic mass is 16.8. The Morgan fingerprint density at radius 3 is 2.44 bits per heavy atom. The monoisotopic (exact) mass is 794 g/mol. The first-order valence-electron chi connectivity index (χ1n) is 21.4. The van der Waals surface area contributed by atoms with Crippen LogP contribution >= 0.6 is 0 Å².